The minimum absolute atomic E-state index is 0.0478. The monoisotopic (exact) mass is 541 g/mol. The normalized spacial score (nSPS) is 11.7. The number of hydrogen-bond acceptors (Lipinski definition) is 6. The lowest BCUT2D eigenvalue weighted by Crippen LogP contribution is -2.44. The number of benzene rings is 4. The van der Waals surface area contributed by atoms with Gasteiger partial charge in [0.25, 0.3) is 0 Å². The van der Waals surface area contributed by atoms with Gasteiger partial charge in [0.15, 0.2) is 0 Å². The largest absolute Gasteiger partial charge is 0.445 e. The average Bonchev–Trinajstić information content (AvgIpc) is 2.95. The first-order valence-electron chi connectivity index (χ1n) is 12.3. The van der Waals surface area contributed by atoms with Crippen molar-refractivity contribution in [2.75, 3.05) is 0 Å². The Morgan fingerprint density at radius 2 is 1.54 bits per heavy atom. The molecule has 7 nitrogen and oxygen atoms in total. The van der Waals surface area contributed by atoms with Crippen LogP contribution < -0.4 is 15.7 Å². The number of aryl methyl sites for hydroxylation is 1. The number of carbonyl (C=O) groups is 2. The Hall–Kier alpha value is -4.62. The lowest BCUT2D eigenvalue weighted by molar-refractivity contribution is -0.136. The summed E-state index contributed by atoms with van der Waals surface area (Å²) in [5.74, 6) is -0.487. The molecule has 0 saturated heterocycles. The molecule has 0 aliphatic heterocycles. The molecule has 5 aromatic rings. The zero-order valence-corrected chi connectivity index (χ0v) is 21.7. The molecule has 1 atom stereocenters. The van der Waals surface area contributed by atoms with E-state index in [0.717, 1.165) is 21.9 Å². The Kier molecular flexibility index (Phi) is 7.61. The first-order chi connectivity index (χ1) is 18.9. The lowest BCUT2D eigenvalue weighted by atomic mass is 10.0. The smallest absolute Gasteiger partial charge is 0.408 e. The zero-order chi connectivity index (χ0) is 27.4. The number of rotatable bonds is 7. The lowest BCUT2D eigenvalue weighted by Gasteiger charge is -2.19. The maximum atomic E-state index is 13.4. The Bertz CT molecular complexity index is 1710. The number of amides is 1. The van der Waals surface area contributed by atoms with Gasteiger partial charge in [-0.05, 0) is 53.8 Å². The molecule has 1 amide bonds. The first-order valence-corrected chi connectivity index (χ1v) is 12.7. The number of esters is 1. The molecular formula is C31H24ClNO6. The van der Waals surface area contributed by atoms with E-state index >= 15 is 0 Å². The van der Waals surface area contributed by atoms with Crippen molar-refractivity contribution in [1.82, 2.24) is 5.32 Å². The Balaban J connectivity index is 1.39. The number of halogens is 1. The van der Waals surface area contributed by atoms with Crippen molar-refractivity contribution in [2.24, 2.45) is 0 Å². The van der Waals surface area contributed by atoms with Crippen molar-refractivity contribution < 1.29 is 23.5 Å². The molecule has 0 aliphatic carbocycles. The highest BCUT2D eigenvalue weighted by molar-refractivity contribution is 6.30. The number of nitrogens with one attached hydrogen (secondary N) is 1. The highest BCUT2D eigenvalue weighted by Crippen LogP contribution is 2.31. The molecule has 4 aromatic carbocycles. The van der Waals surface area contributed by atoms with Gasteiger partial charge >= 0.3 is 17.7 Å². The van der Waals surface area contributed by atoms with E-state index < -0.39 is 23.7 Å². The fraction of sp³-hybridized carbons (Fsp3) is 0.129. The second kappa shape index (κ2) is 11.4. The third-order valence-corrected chi connectivity index (χ3v) is 6.59. The predicted molar refractivity (Wildman–Crippen MR) is 149 cm³/mol. The standard InChI is InChI=1S/C31H24ClNO6/c1-19-27(16-15-24-23-9-5-6-10-25(23)29(34)39-28(19)24)38-30(35)26(17-20-11-13-22(32)14-12-20)33-31(36)37-18-21-7-3-2-4-8-21/h2-16,26H,17-18H2,1H3,(H,33,36)/t26-/m1/s1. The number of fused-ring (bicyclic) bond motifs is 3. The molecule has 8 heteroatoms. The van der Waals surface area contributed by atoms with Crippen LogP contribution >= 0.6 is 11.6 Å². The SMILES string of the molecule is Cc1c(OC(=O)[C@@H](Cc2ccc(Cl)cc2)NC(=O)OCc2ccccc2)ccc2c1oc(=O)c1ccccc12. The highest BCUT2D eigenvalue weighted by atomic mass is 35.5. The Labute approximate surface area is 228 Å². The van der Waals surface area contributed by atoms with Crippen LogP contribution in [0.3, 0.4) is 0 Å². The van der Waals surface area contributed by atoms with Crippen LogP contribution in [-0.4, -0.2) is 18.1 Å². The molecule has 1 N–H and O–H groups in total. The summed E-state index contributed by atoms with van der Waals surface area (Å²) in [7, 11) is 0. The molecule has 5 rings (SSSR count). The van der Waals surface area contributed by atoms with Gasteiger partial charge < -0.3 is 19.2 Å². The van der Waals surface area contributed by atoms with Crippen LogP contribution in [0.5, 0.6) is 5.75 Å². The van der Waals surface area contributed by atoms with E-state index in [-0.39, 0.29) is 18.8 Å². The second-order valence-corrected chi connectivity index (χ2v) is 9.45. The molecule has 39 heavy (non-hydrogen) atoms. The van der Waals surface area contributed by atoms with Gasteiger partial charge in [-0.3, -0.25) is 0 Å². The Morgan fingerprint density at radius 1 is 0.846 bits per heavy atom. The third-order valence-electron chi connectivity index (χ3n) is 6.34. The second-order valence-electron chi connectivity index (χ2n) is 9.01. The zero-order valence-electron chi connectivity index (χ0n) is 21.0. The van der Waals surface area contributed by atoms with Crippen LogP contribution in [0.2, 0.25) is 5.02 Å². The summed E-state index contributed by atoms with van der Waals surface area (Å²) in [5, 5.41) is 5.10. The van der Waals surface area contributed by atoms with Crippen molar-refractivity contribution in [3.63, 3.8) is 0 Å². The molecule has 0 saturated carbocycles. The third kappa shape index (κ3) is 5.94. The van der Waals surface area contributed by atoms with Crippen molar-refractivity contribution >= 4 is 45.4 Å². The molecule has 0 fully saturated rings. The van der Waals surface area contributed by atoms with E-state index in [1.807, 2.05) is 42.5 Å². The van der Waals surface area contributed by atoms with Gasteiger partial charge in [0.05, 0.1) is 5.39 Å². The molecule has 196 valence electrons. The van der Waals surface area contributed by atoms with Gasteiger partial charge in [0.1, 0.15) is 24.0 Å². The summed E-state index contributed by atoms with van der Waals surface area (Å²) in [6.45, 7) is 1.75. The molecular weight excluding hydrogens is 518 g/mol. The van der Waals surface area contributed by atoms with E-state index in [9.17, 15) is 14.4 Å². The maximum absolute atomic E-state index is 13.4. The van der Waals surface area contributed by atoms with Crippen molar-refractivity contribution in [3.8, 4) is 5.75 Å². The summed E-state index contributed by atoms with van der Waals surface area (Å²) in [6.07, 6.45) is -0.620. The fourth-order valence-electron chi connectivity index (χ4n) is 4.31. The fourth-order valence-corrected chi connectivity index (χ4v) is 4.43. The van der Waals surface area contributed by atoms with E-state index in [4.69, 9.17) is 25.5 Å². The number of hydrogen-bond donors (Lipinski definition) is 1. The van der Waals surface area contributed by atoms with Gasteiger partial charge in [0.2, 0.25) is 0 Å². The molecule has 0 spiro atoms. The van der Waals surface area contributed by atoms with E-state index in [1.54, 1.807) is 55.5 Å². The molecule has 1 heterocycles. The first kappa shape index (κ1) is 26.0. The number of alkyl carbamates (subject to hydrolysis) is 1. The summed E-state index contributed by atoms with van der Waals surface area (Å²) in [6, 6.07) is 25.6. The topological polar surface area (TPSA) is 94.8 Å². The summed E-state index contributed by atoms with van der Waals surface area (Å²) in [5.41, 5.74) is 1.91. The van der Waals surface area contributed by atoms with Gasteiger partial charge in [-0.2, -0.15) is 0 Å². The molecule has 0 aliphatic rings. The molecule has 0 bridgehead atoms. The molecule has 1 aromatic heterocycles. The summed E-state index contributed by atoms with van der Waals surface area (Å²) in [4.78, 5) is 38.5. The minimum Gasteiger partial charge on any atom is -0.445 e. The highest BCUT2D eigenvalue weighted by Gasteiger charge is 2.25. The molecule has 0 radical (unpaired) electrons. The van der Waals surface area contributed by atoms with Gasteiger partial charge in [-0.15, -0.1) is 0 Å². The quantitative estimate of drug-likeness (QED) is 0.112. The van der Waals surface area contributed by atoms with Crippen LogP contribution in [0.4, 0.5) is 4.79 Å². The van der Waals surface area contributed by atoms with Gasteiger partial charge in [-0.1, -0.05) is 72.3 Å². The predicted octanol–water partition coefficient (Wildman–Crippen LogP) is 6.35. The number of carbonyl (C=O) groups excluding carboxylic acids is 2. The maximum Gasteiger partial charge on any atom is 0.408 e. The number of ether oxygens (including phenoxy) is 2. The van der Waals surface area contributed by atoms with Gasteiger partial charge in [-0.25, -0.2) is 14.4 Å². The van der Waals surface area contributed by atoms with Gasteiger partial charge in [0, 0.05) is 22.4 Å². The van der Waals surface area contributed by atoms with E-state index in [1.165, 1.54) is 0 Å². The van der Waals surface area contributed by atoms with Crippen molar-refractivity contribution in [3.05, 3.63) is 123 Å². The van der Waals surface area contributed by atoms with Crippen LogP contribution in [0.25, 0.3) is 21.7 Å². The van der Waals surface area contributed by atoms with E-state index in [0.29, 0.717) is 21.6 Å². The Morgan fingerprint density at radius 3 is 2.28 bits per heavy atom. The van der Waals surface area contributed by atoms with Crippen LogP contribution in [0.1, 0.15) is 16.7 Å². The summed E-state index contributed by atoms with van der Waals surface area (Å²) < 4.78 is 16.6. The van der Waals surface area contributed by atoms with Crippen LogP contribution in [-0.2, 0) is 22.6 Å². The summed E-state index contributed by atoms with van der Waals surface area (Å²) >= 11 is 6.00. The van der Waals surface area contributed by atoms with Crippen LogP contribution in [0, 0.1) is 6.92 Å². The molecule has 0 unspecified atom stereocenters. The minimum atomic E-state index is -1.06. The van der Waals surface area contributed by atoms with Crippen LogP contribution in [0.15, 0.2) is 100 Å². The average molecular weight is 542 g/mol. The van der Waals surface area contributed by atoms with E-state index in [2.05, 4.69) is 5.32 Å². The van der Waals surface area contributed by atoms with Crippen molar-refractivity contribution in [2.45, 2.75) is 26.0 Å². The van der Waals surface area contributed by atoms with Crippen molar-refractivity contribution in [1.29, 1.82) is 0 Å².